The molecule has 162 valence electrons. The number of amides is 1. The number of nitrogens with zero attached hydrogens (tertiary/aromatic N) is 1. The highest BCUT2D eigenvalue weighted by atomic mass is 32.2. The Hall–Kier alpha value is -2.34. The smallest absolute Gasteiger partial charge is 0.264 e. The summed E-state index contributed by atoms with van der Waals surface area (Å²) in [7, 11) is -3.86. The molecule has 1 N–H and O–H groups in total. The summed E-state index contributed by atoms with van der Waals surface area (Å²) in [4.78, 5) is 13.1. The average molecular weight is 429 g/mol. The highest BCUT2D eigenvalue weighted by Crippen LogP contribution is 2.27. The largest absolute Gasteiger partial charge is 0.352 e. The van der Waals surface area contributed by atoms with Crippen molar-refractivity contribution in [1.82, 2.24) is 5.32 Å². The third kappa shape index (κ3) is 5.63. The topological polar surface area (TPSA) is 66.5 Å². The van der Waals surface area contributed by atoms with Crippen LogP contribution < -0.4 is 9.62 Å². The molecule has 1 aliphatic carbocycles. The van der Waals surface area contributed by atoms with Crippen LogP contribution in [0.2, 0.25) is 0 Å². The van der Waals surface area contributed by atoms with Crippen molar-refractivity contribution in [3.8, 4) is 0 Å². The third-order valence-corrected chi connectivity index (χ3v) is 7.50. The predicted molar refractivity (Wildman–Crippen MR) is 121 cm³/mol. The van der Waals surface area contributed by atoms with Gasteiger partial charge in [-0.05, 0) is 43.0 Å². The summed E-state index contributed by atoms with van der Waals surface area (Å²) in [6.45, 7) is 1.77. The van der Waals surface area contributed by atoms with Gasteiger partial charge in [0.1, 0.15) is 6.54 Å². The van der Waals surface area contributed by atoms with Gasteiger partial charge in [0.15, 0.2) is 0 Å². The molecule has 30 heavy (non-hydrogen) atoms. The zero-order chi connectivity index (χ0) is 21.4. The molecule has 0 aromatic heterocycles. The second-order valence-corrected chi connectivity index (χ2v) is 9.78. The van der Waals surface area contributed by atoms with Crippen molar-refractivity contribution in [2.45, 2.75) is 69.2 Å². The van der Waals surface area contributed by atoms with Crippen molar-refractivity contribution >= 4 is 21.6 Å². The van der Waals surface area contributed by atoms with E-state index in [-0.39, 0.29) is 23.4 Å². The third-order valence-electron chi connectivity index (χ3n) is 5.73. The molecule has 0 spiro atoms. The lowest BCUT2D eigenvalue weighted by Crippen LogP contribution is -2.44. The molecule has 0 aliphatic heterocycles. The van der Waals surface area contributed by atoms with E-state index >= 15 is 0 Å². The molecule has 2 aromatic rings. The van der Waals surface area contributed by atoms with Gasteiger partial charge in [0.25, 0.3) is 10.0 Å². The fraction of sp³-hybridized carbons (Fsp3) is 0.458. The van der Waals surface area contributed by atoms with E-state index in [1.165, 1.54) is 23.6 Å². The van der Waals surface area contributed by atoms with Gasteiger partial charge in [-0.3, -0.25) is 9.10 Å². The number of carbonyl (C=O) groups is 1. The number of rotatable bonds is 7. The van der Waals surface area contributed by atoms with Gasteiger partial charge in [-0.2, -0.15) is 0 Å². The van der Waals surface area contributed by atoms with Crippen molar-refractivity contribution in [2.75, 3.05) is 10.8 Å². The van der Waals surface area contributed by atoms with Crippen LogP contribution in [0.4, 0.5) is 5.69 Å². The van der Waals surface area contributed by atoms with Crippen LogP contribution in [0, 0.1) is 0 Å². The first-order chi connectivity index (χ1) is 14.5. The normalized spacial score (nSPS) is 15.8. The summed E-state index contributed by atoms with van der Waals surface area (Å²) in [5, 5.41) is 3.10. The Labute approximate surface area is 180 Å². The predicted octanol–water partition coefficient (Wildman–Crippen LogP) is 4.67. The second-order valence-electron chi connectivity index (χ2n) is 7.92. The molecule has 0 heterocycles. The summed E-state index contributed by atoms with van der Waals surface area (Å²) in [6.07, 6.45) is 8.48. The van der Waals surface area contributed by atoms with Gasteiger partial charge in [0, 0.05) is 6.04 Å². The summed E-state index contributed by atoms with van der Waals surface area (Å²) >= 11 is 0. The van der Waals surface area contributed by atoms with Crippen molar-refractivity contribution in [3.05, 3.63) is 60.2 Å². The van der Waals surface area contributed by atoms with Crippen molar-refractivity contribution in [1.29, 1.82) is 0 Å². The van der Waals surface area contributed by atoms with E-state index < -0.39 is 10.0 Å². The Bertz CT molecular complexity index is 920. The van der Waals surface area contributed by atoms with Gasteiger partial charge in [-0.1, -0.05) is 75.4 Å². The quantitative estimate of drug-likeness (QED) is 0.697. The zero-order valence-electron chi connectivity index (χ0n) is 17.7. The molecule has 0 atom stereocenters. The van der Waals surface area contributed by atoms with Crippen LogP contribution in [0.3, 0.4) is 0 Å². The summed E-state index contributed by atoms with van der Waals surface area (Å²) in [5.41, 5.74) is 1.47. The Kier molecular flexibility index (Phi) is 7.91. The van der Waals surface area contributed by atoms with Gasteiger partial charge in [0.2, 0.25) is 5.91 Å². The Balaban J connectivity index is 1.87. The first-order valence-electron chi connectivity index (χ1n) is 11.0. The maximum Gasteiger partial charge on any atom is 0.264 e. The van der Waals surface area contributed by atoms with Gasteiger partial charge in [-0.15, -0.1) is 0 Å². The lowest BCUT2D eigenvalue weighted by atomic mass is 9.97. The van der Waals surface area contributed by atoms with Gasteiger partial charge < -0.3 is 5.32 Å². The first kappa shape index (κ1) is 22.3. The van der Waals surface area contributed by atoms with Crippen LogP contribution in [0.5, 0.6) is 0 Å². The second kappa shape index (κ2) is 10.6. The Morgan fingerprint density at radius 1 is 0.933 bits per heavy atom. The van der Waals surface area contributed by atoms with E-state index in [2.05, 4.69) is 5.32 Å². The van der Waals surface area contributed by atoms with E-state index in [0.717, 1.165) is 31.2 Å². The van der Waals surface area contributed by atoms with Crippen LogP contribution in [-0.4, -0.2) is 26.9 Å². The summed E-state index contributed by atoms with van der Waals surface area (Å²) in [5.74, 6) is -0.244. The van der Waals surface area contributed by atoms with E-state index in [4.69, 9.17) is 0 Å². The number of aryl methyl sites for hydroxylation is 1. The molecule has 5 nitrogen and oxygen atoms in total. The molecule has 0 saturated heterocycles. The van der Waals surface area contributed by atoms with E-state index in [9.17, 15) is 13.2 Å². The molecule has 1 aliphatic rings. The van der Waals surface area contributed by atoms with Gasteiger partial charge in [0.05, 0.1) is 10.6 Å². The van der Waals surface area contributed by atoms with Crippen LogP contribution in [-0.2, 0) is 21.2 Å². The average Bonchev–Trinajstić information content (AvgIpc) is 2.74. The molecule has 2 aromatic carbocycles. The number of benzene rings is 2. The minimum Gasteiger partial charge on any atom is -0.352 e. The van der Waals surface area contributed by atoms with Gasteiger partial charge in [-0.25, -0.2) is 8.42 Å². The minimum atomic E-state index is -3.86. The maximum atomic E-state index is 13.5. The van der Waals surface area contributed by atoms with E-state index in [1.807, 2.05) is 25.1 Å². The van der Waals surface area contributed by atoms with Crippen molar-refractivity contribution in [3.63, 3.8) is 0 Å². The molecular formula is C24H32N2O3S. The molecule has 0 unspecified atom stereocenters. The lowest BCUT2D eigenvalue weighted by molar-refractivity contribution is -0.120. The number of hydrogen-bond acceptors (Lipinski definition) is 3. The van der Waals surface area contributed by atoms with E-state index in [0.29, 0.717) is 12.1 Å². The number of anilines is 1. The molecule has 0 radical (unpaired) electrons. The van der Waals surface area contributed by atoms with Crippen LogP contribution in [0.25, 0.3) is 0 Å². The van der Waals surface area contributed by atoms with Crippen molar-refractivity contribution < 1.29 is 13.2 Å². The fourth-order valence-electron chi connectivity index (χ4n) is 4.08. The number of carbonyl (C=O) groups excluding carboxylic acids is 1. The molecule has 1 amide bonds. The number of sulfonamides is 1. The lowest BCUT2D eigenvalue weighted by Gasteiger charge is -2.28. The summed E-state index contributed by atoms with van der Waals surface area (Å²) in [6, 6.07) is 15.9. The number of nitrogens with one attached hydrogen (secondary N) is 1. The molecule has 3 rings (SSSR count). The van der Waals surface area contributed by atoms with Crippen LogP contribution in [0.1, 0.15) is 57.4 Å². The van der Waals surface area contributed by atoms with Crippen molar-refractivity contribution in [2.24, 2.45) is 0 Å². The first-order valence-corrected chi connectivity index (χ1v) is 12.4. The monoisotopic (exact) mass is 428 g/mol. The number of para-hydroxylation sites is 1. The zero-order valence-corrected chi connectivity index (χ0v) is 18.5. The fourth-order valence-corrected chi connectivity index (χ4v) is 5.56. The Morgan fingerprint density at radius 2 is 1.53 bits per heavy atom. The standard InChI is InChI=1S/C24H32N2O3S/c1-2-20-13-11-12-18-23(20)26(30(28,29)22-16-9-6-10-17-22)19-24(27)25-21-14-7-4-3-5-8-15-21/h6,9-13,16-18,21H,2-5,7-8,14-15,19H2,1H3,(H,25,27). The molecule has 1 saturated carbocycles. The molecule has 1 fully saturated rings. The molecular weight excluding hydrogens is 396 g/mol. The van der Waals surface area contributed by atoms with Gasteiger partial charge >= 0.3 is 0 Å². The highest BCUT2D eigenvalue weighted by Gasteiger charge is 2.29. The Morgan fingerprint density at radius 3 is 2.20 bits per heavy atom. The number of hydrogen-bond donors (Lipinski definition) is 1. The van der Waals surface area contributed by atoms with Crippen LogP contribution >= 0.6 is 0 Å². The highest BCUT2D eigenvalue weighted by molar-refractivity contribution is 7.92. The summed E-state index contributed by atoms with van der Waals surface area (Å²) < 4.78 is 28.2. The molecule has 0 bridgehead atoms. The van der Waals surface area contributed by atoms with E-state index in [1.54, 1.807) is 36.4 Å². The van der Waals surface area contributed by atoms with Crippen LogP contribution in [0.15, 0.2) is 59.5 Å². The SMILES string of the molecule is CCc1ccccc1N(CC(=O)NC1CCCCCCC1)S(=O)(=O)c1ccccc1. The maximum absolute atomic E-state index is 13.5. The minimum absolute atomic E-state index is 0.125. The molecule has 6 heteroatoms.